The van der Waals surface area contributed by atoms with Gasteiger partial charge in [-0.25, -0.2) is 4.98 Å². The average Bonchev–Trinajstić information content (AvgIpc) is 3.10. The summed E-state index contributed by atoms with van der Waals surface area (Å²) in [4.78, 5) is 4.20. The Hall–Kier alpha value is -2.35. The molecule has 3 rings (SSSR count). The second kappa shape index (κ2) is 7.08. The lowest BCUT2D eigenvalue weighted by Gasteiger charge is -2.25. The van der Waals surface area contributed by atoms with E-state index in [1.54, 1.807) is 0 Å². The van der Waals surface area contributed by atoms with Gasteiger partial charge in [-0.1, -0.05) is 60.7 Å². The minimum atomic E-state index is 0.419. The number of aromatic nitrogens is 2. The monoisotopic (exact) mass is 290 g/mol. The van der Waals surface area contributed by atoms with Crippen molar-refractivity contribution in [3.63, 3.8) is 0 Å². The van der Waals surface area contributed by atoms with E-state index in [9.17, 15) is 0 Å². The molecule has 0 spiro atoms. The highest BCUT2D eigenvalue weighted by atomic mass is 15.0. The number of nitrogens with zero attached hydrogens (tertiary/aromatic N) is 2. The molecule has 0 saturated carbocycles. The van der Waals surface area contributed by atoms with Crippen molar-refractivity contribution < 1.29 is 0 Å². The van der Waals surface area contributed by atoms with E-state index < -0.39 is 0 Å². The van der Waals surface area contributed by atoms with Crippen LogP contribution in [0.25, 0.3) is 0 Å². The molecule has 2 heteroatoms. The first kappa shape index (κ1) is 14.6. The highest BCUT2D eigenvalue weighted by Gasteiger charge is 2.19. The van der Waals surface area contributed by atoms with E-state index >= 15 is 0 Å². The maximum absolute atomic E-state index is 4.20. The van der Waals surface area contributed by atoms with E-state index in [-0.39, 0.29) is 0 Å². The molecule has 0 bridgehead atoms. The number of rotatable bonds is 6. The van der Waals surface area contributed by atoms with Crippen molar-refractivity contribution in [2.24, 2.45) is 5.92 Å². The highest BCUT2D eigenvalue weighted by molar-refractivity contribution is 5.19. The van der Waals surface area contributed by atoms with Crippen LogP contribution in [-0.4, -0.2) is 9.55 Å². The van der Waals surface area contributed by atoms with Crippen molar-refractivity contribution in [3.05, 3.63) is 90.5 Å². The maximum atomic E-state index is 4.20. The molecule has 0 aliphatic heterocycles. The fourth-order valence-corrected chi connectivity index (χ4v) is 3.00. The van der Waals surface area contributed by atoms with Crippen LogP contribution in [-0.2, 0) is 12.8 Å². The highest BCUT2D eigenvalue weighted by Crippen LogP contribution is 2.26. The van der Waals surface area contributed by atoms with Crippen molar-refractivity contribution in [1.82, 2.24) is 9.55 Å². The molecule has 112 valence electrons. The molecule has 2 nitrogen and oxygen atoms in total. The molecule has 1 aromatic heterocycles. The minimum Gasteiger partial charge on any atom is -0.334 e. The van der Waals surface area contributed by atoms with Crippen molar-refractivity contribution in [2.45, 2.75) is 25.8 Å². The summed E-state index contributed by atoms with van der Waals surface area (Å²) in [6, 6.07) is 21.9. The first-order valence-corrected chi connectivity index (χ1v) is 7.88. The van der Waals surface area contributed by atoms with Gasteiger partial charge >= 0.3 is 0 Å². The molecule has 1 unspecified atom stereocenters. The van der Waals surface area contributed by atoms with Gasteiger partial charge in [-0.05, 0) is 36.8 Å². The fraction of sp³-hybridized carbons (Fsp3) is 0.250. The lowest BCUT2D eigenvalue weighted by molar-refractivity contribution is 0.347. The average molecular weight is 290 g/mol. The van der Waals surface area contributed by atoms with Gasteiger partial charge in [0.1, 0.15) is 0 Å². The standard InChI is InChI=1S/C20H22N2/c1-17(22-13-12-21-16-22)20(14-18-8-4-2-5-9-18)15-19-10-6-3-7-11-19/h2-13,16-17,20H,14-15H2,1H3. The SMILES string of the molecule is CC(C(Cc1ccccc1)Cc1ccccc1)n1ccnc1. The van der Waals surface area contributed by atoms with Crippen LogP contribution in [0.15, 0.2) is 79.4 Å². The van der Waals surface area contributed by atoms with E-state index in [1.165, 1.54) is 11.1 Å². The normalized spacial score (nSPS) is 12.5. The zero-order valence-electron chi connectivity index (χ0n) is 13.0. The quantitative estimate of drug-likeness (QED) is 0.651. The largest absolute Gasteiger partial charge is 0.334 e. The Morgan fingerprint density at radius 1 is 0.864 bits per heavy atom. The molecule has 1 atom stereocenters. The summed E-state index contributed by atoms with van der Waals surface area (Å²) in [6.45, 7) is 2.29. The van der Waals surface area contributed by atoms with Gasteiger partial charge in [-0.3, -0.25) is 0 Å². The van der Waals surface area contributed by atoms with Crippen LogP contribution in [0.1, 0.15) is 24.1 Å². The molecule has 22 heavy (non-hydrogen) atoms. The molecule has 0 saturated heterocycles. The molecule has 0 N–H and O–H groups in total. The molecule has 2 aromatic carbocycles. The van der Waals surface area contributed by atoms with Crippen molar-refractivity contribution in [1.29, 1.82) is 0 Å². The lowest BCUT2D eigenvalue weighted by Crippen LogP contribution is -2.20. The first-order chi connectivity index (χ1) is 10.8. The van der Waals surface area contributed by atoms with Crippen molar-refractivity contribution in [3.8, 4) is 0 Å². The smallest absolute Gasteiger partial charge is 0.0948 e. The summed E-state index contributed by atoms with van der Waals surface area (Å²) in [5.41, 5.74) is 2.80. The van der Waals surface area contributed by atoms with E-state index in [2.05, 4.69) is 83.3 Å². The van der Waals surface area contributed by atoms with Crippen LogP contribution in [0.5, 0.6) is 0 Å². The van der Waals surface area contributed by atoms with Crippen LogP contribution in [0.2, 0.25) is 0 Å². The summed E-state index contributed by atoms with van der Waals surface area (Å²) >= 11 is 0. The van der Waals surface area contributed by atoms with Gasteiger partial charge in [-0.15, -0.1) is 0 Å². The van der Waals surface area contributed by atoms with Crippen LogP contribution in [0.4, 0.5) is 0 Å². The third kappa shape index (κ3) is 3.64. The van der Waals surface area contributed by atoms with Crippen LogP contribution in [0.3, 0.4) is 0 Å². The van der Waals surface area contributed by atoms with Crippen LogP contribution in [0, 0.1) is 5.92 Å². The van der Waals surface area contributed by atoms with E-state index in [1.807, 2.05) is 12.5 Å². The summed E-state index contributed by atoms with van der Waals surface area (Å²) in [7, 11) is 0. The summed E-state index contributed by atoms with van der Waals surface area (Å²) in [6.07, 6.45) is 8.00. The van der Waals surface area contributed by atoms with Gasteiger partial charge in [0.25, 0.3) is 0 Å². The van der Waals surface area contributed by atoms with Gasteiger partial charge in [0.05, 0.1) is 6.33 Å². The second-order valence-corrected chi connectivity index (χ2v) is 5.89. The van der Waals surface area contributed by atoms with Gasteiger partial charge in [0, 0.05) is 18.4 Å². The van der Waals surface area contributed by atoms with E-state index in [0.717, 1.165) is 12.8 Å². The Kier molecular flexibility index (Phi) is 4.69. The predicted molar refractivity (Wildman–Crippen MR) is 90.7 cm³/mol. The zero-order chi connectivity index (χ0) is 15.2. The zero-order valence-corrected chi connectivity index (χ0v) is 13.0. The Morgan fingerprint density at radius 3 is 1.86 bits per heavy atom. The number of benzene rings is 2. The molecular formula is C20H22N2. The molecule has 0 aliphatic carbocycles. The molecule has 1 heterocycles. The third-order valence-electron chi connectivity index (χ3n) is 4.36. The second-order valence-electron chi connectivity index (χ2n) is 5.89. The van der Waals surface area contributed by atoms with Crippen LogP contribution >= 0.6 is 0 Å². The van der Waals surface area contributed by atoms with Crippen molar-refractivity contribution >= 4 is 0 Å². The minimum absolute atomic E-state index is 0.419. The fourth-order valence-electron chi connectivity index (χ4n) is 3.00. The van der Waals surface area contributed by atoms with Gasteiger partial charge in [0.15, 0.2) is 0 Å². The van der Waals surface area contributed by atoms with Gasteiger partial charge in [-0.2, -0.15) is 0 Å². The Morgan fingerprint density at radius 2 is 1.41 bits per heavy atom. The molecule has 0 radical (unpaired) electrons. The van der Waals surface area contributed by atoms with E-state index in [0.29, 0.717) is 12.0 Å². The number of hydrogen-bond acceptors (Lipinski definition) is 1. The Bertz CT molecular complexity index is 618. The van der Waals surface area contributed by atoms with Gasteiger partial charge < -0.3 is 4.57 Å². The summed E-state index contributed by atoms with van der Waals surface area (Å²) in [5.74, 6) is 0.541. The molecule has 0 amide bonds. The summed E-state index contributed by atoms with van der Waals surface area (Å²) in [5, 5.41) is 0. The summed E-state index contributed by atoms with van der Waals surface area (Å²) < 4.78 is 2.22. The Balaban J connectivity index is 1.81. The molecular weight excluding hydrogens is 268 g/mol. The lowest BCUT2D eigenvalue weighted by atomic mass is 9.87. The number of hydrogen-bond donors (Lipinski definition) is 0. The van der Waals surface area contributed by atoms with Crippen molar-refractivity contribution in [2.75, 3.05) is 0 Å². The molecule has 3 aromatic rings. The molecule has 0 aliphatic rings. The first-order valence-electron chi connectivity index (χ1n) is 7.88. The topological polar surface area (TPSA) is 17.8 Å². The van der Waals surface area contributed by atoms with Crippen LogP contribution < -0.4 is 0 Å². The molecule has 0 fully saturated rings. The van der Waals surface area contributed by atoms with Gasteiger partial charge in [0.2, 0.25) is 0 Å². The number of imidazole rings is 1. The Labute approximate surface area is 132 Å². The third-order valence-corrected chi connectivity index (χ3v) is 4.36. The van der Waals surface area contributed by atoms with E-state index in [4.69, 9.17) is 0 Å². The predicted octanol–water partition coefficient (Wildman–Crippen LogP) is 4.55. The maximum Gasteiger partial charge on any atom is 0.0948 e.